The molecule has 2 nitrogen and oxygen atoms in total. The third-order valence-electron chi connectivity index (χ3n) is 3.33. The summed E-state index contributed by atoms with van der Waals surface area (Å²) in [5, 5.41) is 3.59. The summed E-state index contributed by atoms with van der Waals surface area (Å²) < 4.78 is 0. The van der Waals surface area contributed by atoms with Crippen molar-refractivity contribution in [3.8, 4) is 0 Å². The minimum atomic E-state index is 0.694. The van der Waals surface area contributed by atoms with Gasteiger partial charge in [-0.3, -0.25) is 0 Å². The maximum atomic E-state index is 5.89. The van der Waals surface area contributed by atoms with Crippen LogP contribution in [0.25, 0.3) is 0 Å². The summed E-state index contributed by atoms with van der Waals surface area (Å²) in [5.74, 6) is 0.885. The zero-order valence-electron chi connectivity index (χ0n) is 9.37. The van der Waals surface area contributed by atoms with E-state index in [2.05, 4.69) is 18.3 Å². The molecule has 1 aliphatic carbocycles. The molecule has 15 heavy (non-hydrogen) atoms. The minimum Gasteiger partial charge on any atom is -0.398 e. The fourth-order valence-electron chi connectivity index (χ4n) is 2.34. The molecule has 0 aliphatic heterocycles. The van der Waals surface area contributed by atoms with Crippen LogP contribution in [0.5, 0.6) is 0 Å². The predicted molar refractivity (Wildman–Crippen MR) is 64.5 cm³/mol. The molecule has 0 aromatic heterocycles. The highest BCUT2D eigenvalue weighted by molar-refractivity contribution is 5.46. The van der Waals surface area contributed by atoms with Gasteiger partial charge in [-0.15, -0.1) is 0 Å². The Labute approximate surface area is 91.9 Å². The molecule has 3 N–H and O–H groups in total. The largest absolute Gasteiger partial charge is 0.398 e. The smallest absolute Gasteiger partial charge is 0.0359 e. The van der Waals surface area contributed by atoms with Crippen LogP contribution in [0, 0.1) is 5.92 Å². The quantitative estimate of drug-likeness (QED) is 0.743. The van der Waals surface area contributed by atoms with Gasteiger partial charge >= 0.3 is 0 Å². The van der Waals surface area contributed by atoms with Gasteiger partial charge in [-0.25, -0.2) is 0 Å². The molecule has 2 unspecified atom stereocenters. The van der Waals surface area contributed by atoms with Crippen molar-refractivity contribution in [2.45, 2.75) is 38.8 Å². The van der Waals surface area contributed by atoms with Crippen molar-refractivity contribution in [3.63, 3.8) is 0 Å². The van der Waals surface area contributed by atoms with Gasteiger partial charge in [0.05, 0.1) is 0 Å². The van der Waals surface area contributed by atoms with Crippen molar-refractivity contribution in [2.24, 2.45) is 5.92 Å². The van der Waals surface area contributed by atoms with Crippen molar-refractivity contribution < 1.29 is 0 Å². The van der Waals surface area contributed by atoms with E-state index < -0.39 is 0 Å². The standard InChI is InChI=1S/C13H20N2/c1-10-6-7-12(8-10)15-9-11-4-2-3-5-13(11)14/h2-5,10,12,15H,6-9,14H2,1H3. The van der Waals surface area contributed by atoms with Gasteiger partial charge in [-0.1, -0.05) is 25.1 Å². The molecular formula is C13H20N2. The molecule has 0 radical (unpaired) electrons. The molecule has 0 spiro atoms. The first kappa shape index (κ1) is 10.5. The highest BCUT2D eigenvalue weighted by Crippen LogP contribution is 2.25. The maximum Gasteiger partial charge on any atom is 0.0359 e. The van der Waals surface area contributed by atoms with E-state index in [1.54, 1.807) is 0 Å². The molecule has 1 aliphatic rings. The maximum absolute atomic E-state index is 5.89. The zero-order chi connectivity index (χ0) is 10.7. The summed E-state index contributed by atoms with van der Waals surface area (Å²) in [6.45, 7) is 3.24. The highest BCUT2D eigenvalue weighted by atomic mass is 14.9. The first-order chi connectivity index (χ1) is 7.25. The van der Waals surface area contributed by atoms with Crippen LogP contribution < -0.4 is 11.1 Å². The zero-order valence-corrected chi connectivity index (χ0v) is 9.37. The van der Waals surface area contributed by atoms with Crippen LogP contribution in [0.3, 0.4) is 0 Å². The Morgan fingerprint density at radius 1 is 1.33 bits per heavy atom. The van der Waals surface area contributed by atoms with Crippen LogP contribution in [-0.2, 0) is 6.54 Å². The van der Waals surface area contributed by atoms with Gasteiger partial charge in [-0.05, 0) is 36.8 Å². The van der Waals surface area contributed by atoms with Crippen LogP contribution in [0.4, 0.5) is 5.69 Å². The number of para-hydroxylation sites is 1. The number of benzene rings is 1. The van der Waals surface area contributed by atoms with E-state index in [1.165, 1.54) is 24.8 Å². The summed E-state index contributed by atoms with van der Waals surface area (Å²) in [7, 11) is 0. The molecule has 0 amide bonds. The molecule has 2 heteroatoms. The van der Waals surface area contributed by atoms with E-state index in [0.717, 1.165) is 18.2 Å². The monoisotopic (exact) mass is 204 g/mol. The summed E-state index contributed by atoms with van der Waals surface area (Å²) in [6, 6.07) is 8.79. The Morgan fingerprint density at radius 2 is 2.13 bits per heavy atom. The molecule has 0 saturated heterocycles. The average molecular weight is 204 g/mol. The summed E-state index contributed by atoms with van der Waals surface area (Å²) in [5.41, 5.74) is 8.01. The molecule has 1 fully saturated rings. The second kappa shape index (κ2) is 4.67. The lowest BCUT2D eigenvalue weighted by Crippen LogP contribution is -2.26. The number of nitrogens with one attached hydrogen (secondary N) is 1. The molecule has 1 aromatic carbocycles. The van der Waals surface area contributed by atoms with Crippen LogP contribution >= 0.6 is 0 Å². The topological polar surface area (TPSA) is 38.0 Å². The predicted octanol–water partition coefficient (Wildman–Crippen LogP) is 2.55. The van der Waals surface area contributed by atoms with Gasteiger partial charge in [-0.2, -0.15) is 0 Å². The number of anilines is 1. The van der Waals surface area contributed by atoms with E-state index in [1.807, 2.05) is 18.2 Å². The molecule has 2 rings (SSSR count). The lowest BCUT2D eigenvalue weighted by molar-refractivity contribution is 0.503. The molecule has 2 atom stereocenters. The Morgan fingerprint density at radius 3 is 2.80 bits per heavy atom. The number of nitrogen functional groups attached to an aromatic ring is 1. The Bertz CT molecular complexity index is 322. The lowest BCUT2D eigenvalue weighted by Gasteiger charge is -2.13. The van der Waals surface area contributed by atoms with Crippen molar-refractivity contribution >= 4 is 5.69 Å². The van der Waals surface area contributed by atoms with Crippen molar-refractivity contribution in [2.75, 3.05) is 5.73 Å². The van der Waals surface area contributed by atoms with Gasteiger partial charge < -0.3 is 11.1 Å². The van der Waals surface area contributed by atoms with E-state index in [4.69, 9.17) is 5.73 Å². The number of rotatable bonds is 3. The second-order valence-electron chi connectivity index (χ2n) is 4.69. The normalized spacial score (nSPS) is 25.7. The summed E-state index contributed by atoms with van der Waals surface area (Å²) >= 11 is 0. The van der Waals surface area contributed by atoms with Gasteiger partial charge in [0.1, 0.15) is 0 Å². The third-order valence-corrected chi connectivity index (χ3v) is 3.33. The fraction of sp³-hybridized carbons (Fsp3) is 0.538. The summed E-state index contributed by atoms with van der Waals surface area (Å²) in [6.07, 6.45) is 3.99. The van der Waals surface area contributed by atoms with Crippen LogP contribution in [-0.4, -0.2) is 6.04 Å². The van der Waals surface area contributed by atoms with Gasteiger partial charge in [0.15, 0.2) is 0 Å². The van der Waals surface area contributed by atoms with Gasteiger partial charge in [0.25, 0.3) is 0 Å². The number of nitrogens with two attached hydrogens (primary N) is 1. The van der Waals surface area contributed by atoms with Crippen molar-refractivity contribution in [1.29, 1.82) is 0 Å². The summed E-state index contributed by atoms with van der Waals surface area (Å²) in [4.78, 5) is 0. The average Bonchev–Trinajstić information content (AvgIpc) is 2.63. The van der Waals surface area contributed by atoms with Gasteiger partial charge in [0.2, 0.25) is 0 Å². The minimum absolute atomic E-state index is 0.694. The van der Waals surface area contributed by atoms with Crippen LogP contribution in [0.1, 0.15) is 31.7 Å². The molecule has 82 valence electrons. The second-order valence-corrected chi connectivity index (χ2v) is 4.69. The molecule has 1 saturated carbocycles. The lowest BCUT2D eigenvalue weighted by atomic mass is 10.1. The molecule has 1 aromatic rings. The van der Waals surface area contributed by atoms with Crippen LogP contribution in [0.15, 0.2) is 24.3 Å². The van der Waals surface area contributed by atoms with Crippen molar-refractivity contribution in [3.05, 3.63) is 29.8 Å². The molecule has 0 heterocycles. The SMILES string of the molecule is CC1CCC(NCc2ccccc2N)C1. The van der Waals surface area contributed by atoms with E-state index in [9.17, 15) is 0 Å². The van der Waals surface area contributed by atoms with Gasteiger partial charge in [0, 0.05) is 18.3 Å². The Hall–Kier alpha value is -1.02. The number of hydrogen-bond acceptors (Lipinski definition) is 2. The van der Waals surface area contributed by atoms with Crippen molar-refractivity contribution in [1.82, 2.24) is 5.32 Å². The third kappa shape index (κ3) is 2.72. The van der Waals surface area contributed by atoms with Crippen LogP contribution in [0.2, 0.25) is 0 Å². The van der Waals surface area contributed by atoms with E-state index >= 15 is 0 Å². The van der Waals surface area contributed by atoms with E-state index in [-0.39, 0.29) is 0 Å². The van der Waals surface area contributed by atoms with E-state index in [0.29, 0.717) is 6.04 Å². The molecular weight excluding hydrogens is 184 g/mol. The first-order valence-corrected chi connectivity index (χ1v) is 5.82. The Balaban J connectivity index is 1.86. The highest BCUT2D eigenvalue weighted by Gasteiger charge is 2.20. The fourth-order valence-corrected chi connectivity index (χ4v) is 2.34. The Kier molecular flexibility index (Phi) is 3.27. The number of hydrogen-bond donors (Lipinski definition) is 2. The molecule has 0 bridgehead atoms. The first-order valence-electron chi connectivity index (χ1n) is 5.82.